The van der Waals surface area contributed by atoms with E-state index in [1.54, 1.807) is 0 Å². The Morgan fingerprint density at radius 1 is 1.35 bits per heavy atom. The van der Waals surface area contributed by atoms with Gasteiger partial charge in [0, 0.05) is 18.0 Å². The van der Waals surface area contributed by atoms with Crippen LogP contribution in [0.25, 0.3) is 0 Å². The van der Waals surface area contributed by atoms with Gasteiger partial charge in [0.2, 0.25) is 0 Å². The molecule has 1 aromatic carbocycles. The molecular formula is C15H15NO4. The Bertz CT molecular complexity index is 544. The zero-order chi connectivity index (χ0) is 14.4. The lowest BCUT2D eigenvalue weighted by Gasteiger charge is -2.33. The largest absolute Gasteiger partial charge is 0.481 e. The molecule has 1 saturated heterocycles. The highest BCUT2D eigenvalue weighted by molar-refractivity contribution is 5.94. The van der Waals surface area contributed by atoms with Crippen LogP contribution in [-0.2, 0) is 14.3 Å². The molecule has 0 bridgehead atoms. The van der Waals surface area contributed by atoms with Crippen molar-refractivity contribution in [3.05, 3.63) is 35.9 Å². The van der Waals surface area contributed by atoms with Gasteiger partial charge < -0.3 is 14.7 Å². The van der Waals surface area contributed by atoms with Crippen molar-refractivity contribution in [1.29, 1.82) is 0 Å². The summed E-state index contributed by atoms with van der Waals surface area (Å²) in [7, 11) is 0. The van der Waals surface area contributed by atoms with E-state index in [0.717, 1.165) is 5.56 Å². The zero-order valence-corrected chi connectivity index (χ0v) is 10.9. The van der Waals surface area contributed by atoms with Gasteiger partial charge in [0.25, 0.3) is 5.91 Å². The van der Waals surface area contributed by atoms with Crippen molar-refractivity contribution in [3.8, 4) is 11.8 Å². The topological polar surface area (TPSA) is 66.8 Å². The Kier molecular flexibility index (Phi) is 4.75. The smallest absolute Gasteiger partial charge is 0.305 e. The van der Waals surface area contributed by atoms with Crippen LogP contribution in [0.1, 0.15) is 12.0 Å². The number of carboxylic acid groups (broad SMARTS) is 1. The summed E-state index contributed by atoms with van der Waals surface area (Å²) in [5, 5.41) is 8.84. The molecule has 1 amide bonds. The molecule has 1 fully saturated rings. The third-order valence-electron chi connectivity index (χ3n) is 2.99. The van der Waals surface area contributed by atoms with Crippen LogP contribution in [0.3, 0.4) is 0 Å². The van der Waals surface area contributed by atoms with Crippen LogP contribution in [0, 0.1) is 11.8 Å². The highest BCUT2D eigenvalue weighted by atomic mass is 16.5. The molecule has 1 aromatic rings. The summed E-state index contributed by atoms with van der Waals surface area (Å²) in [6.45, 7) is 1.03. The van der Waals surface area contributed by atoms with Crippen molar-refractivity contribution in [2.45, 2.75) is 12.5 Å². The number of hydrogen-bond donors (Lipinski definition) is 1. The summed E-state index contributed by atoms with van der Waals surface area (Å²) in [6.07, 6.45) is -0.126. The van der Waals surface area contributed by atoms with Gasteiger partial charge in [0.05, 0.1) is 25.7 Å². The van der Waals surface area contributed by atoms with Crippen molar-refractivity contribution in [1.82, 2.24) is 4.90 Å². The molecule has 0 radical (unpaired) electrons. The molecule has 1 heterocycles. The van der Waals surface area contributed by atoms with Gasteiger partial charge in [-0.1, -0.05) is 24.1 Å². The van der Waals surface area contributed by atoms with Crippen LogP contribution in [0.5, 0.6) is 0 Å². The minimum Gasteiger partial charge on any atom is -0.481 e. The van der Waals surface area contributed by atoms with Crippen LogP contribution in [-0.4, -0.2) is 47.7 Å². The quantitative estimate of drug-likeness (QED) is 0.807. The third-order valence-corrected chi connectivity index (χ3v) is 2.99. The molecule has 1 aliphatic rings. The molecule has 0 aliphatic carbocycles. The van der Waals surface area contributed by atoms with Gasteiger partial charge in [-0.25, -0.2) is 0 Å². The first kappa shape index (κ1) is 14.1. The van der Waals surface area contributed by atoms with Gasteiger partial charge in [-0.05, 0) is 12.1 Å². The second kappa shape index (κ2) is 6.73. The van der Waals surface area contributed by atoms with Gasteiger partial charge in [-0.15, -0.1) is 0 Å². The number of carbonyl (C=O) groups excluding carboxylic acids is 1. The molecule has 0 spiro atoms. The minimum atomic E-state index is -0.950. The van der Waals surface area contributed by atoms with E-state index < -0.39 is 12.0 Å². The average Bonchev–Trinajstić information content (AvgIpc) is 2.46. The van der Waals surface area contributed by atoms with Gasteiger partial charge in [-0.2, -0.15) is 0 Å². The van der Waals surface area contributed by atoms with Gasteiger partial charge in [-0.3, -0.25) is 9.59 Å². The lowest BCUT2D eigenvalue weighted by atomic mass is 10.1. The lowest BCUT2D eigenvalue weighted by Crippen LogP contribution is -2.49. The predicted octanol–water partition coefficient (Wildman–Crippen LogP) is 0.740. The minimum absolute atomic E-state index is 0.126. The second-order valence-corrected chi connectivity index (χ2v) is 4.44. The number of hydrogen-bond acceptors (Lipinski definition) is 3. The van der Waals surface area contributed by atoms with Crippen LogP contribution in [0.4, 0.5) is 0 Å². The van der Waals surface area contributed by atoms with Crippen LogP contribution in [0.2, 0.25) is 0 Å². The Labute approximate surface area is 117 Å². The summed E-state index contributed by atoms with van der Waals surface area (Å²) in [6, 6.07) is 8.74. The summed E-state index contributed by atoms with van der Waals surface area (Å²) >= 11 is 0. The fraction of sp³-hybridized carbons (Fsp3) is 0.333. The van der Waals surface area contributed by atoms with Crippen molar-refractivity contribution in [2.24, 2.45) is 0 Å². The van der Waals surface area contributed by atoms with Gasteiger partial charge in [0.1, 0.15) is 0 Å². The van der Waals surface area contributed by atoms with Crippen LogP contribution < -0.4 is 0 Å². The number of ether oxygens (including phenoxy) is 1. The Morgan fingerprint density at radius 2 is 2.10 bits per heavy atom. The maximum absolute atomic E-state index is 12.1. The number of benzene rings is 1. The maximum atomic E-state index is 12.1. The summed E-state index contributed by atoms with van der Waals surface area (Å²) in [5.74, 6) is 4.04. The van der Waals surface area contributed by atoms with Gasteiger partial charge in [0.15, 0.2) is 0 Å². The molecule has 2 rings (SSSR count). The molecule has 1 aliphatic heterocycles. The van der Waals surface area contributed by atoms with Crippen molar-refractivity contribution in [2.75, 3.05) is 19.8 Å². The van der Waals surface area contributed by atoms with E-state index in [9.17, 15) is 9.59 Å². The van der Waals surface area contributed by atoms with E-state index >= 15 is 0 Å². The summed E-state index contributed by atoms with van der Waals surface area (Å²) < 4.78 is 5.22. The molecule has 5 nitrogen and oxygen atoms in total. The lowest BCUT2D eigenvalue weighted by molar-refractivity contribution is -0.143. The third kappa shape index (κ3) is 3.84. The molecule has 0 aromatic heterocycles. The number of carboxylic acids is 1. The number of carbonyl (C=O) groups is 2. The molecule has 20 heavy (non-hydrogen) atoms. The van der Waals surface area contributed by atoms with Crippen LogP contribution in [0.15, 0.2) is 30.3 Å². The first-order valence-electron chi connectivity index (χ1n) is 6.34. The number of morpholine rings is 1. The molecule has 1 atom stereocenters. The first-order chi connectivity index (χ1) is 9.66. The normalized spacial score (nSPS) is 18.0. The van der Waals surface area contributed by atoms with E-state index in [1.165, 1.54) is 4.90 Å². The summed E-state index contributed by atoms with van der Waals surface area (Å²) in [5.41, 5.74) is 0.754. The number of rotatable bonds is 2. The van der Waals surface area contributed by atoms with E-state index in [0.29, 0.717) is 13.2 Å². The van der Waals surface area contributed by atoms with E-state index in [-0.39, 0.29) is 18.9 Å². The van der Waals surface area contributed by atoms with Crippen molar-refractivity contribution < 1.29 is 19.4 Å². The molecule has 1 unspecified atom stereocenters. The fourth-order valence-electron chi connectivity index (χ4n) is 2.01. The zero-order valence-electron chi connectivity index (χ0n) is 10.9. The molecular weight excluding hydrogens is 258 g/mol. The van der Waals surface area contributed by atoms with Crippen LogP contribution >= 0.6 is 0 Å². The second-order valence-electron chi connectivity index (χ2n) is 4.44. The van der Waals surface area contributed by atoms with E-state index in [2.05, 4.69) is 11.8 Å². The first-order valence-corrected chi connectivity index (χ1v) is 6.34. The Morgan fingerprint density at radius 3 is 2.80 bits per heavy atom. The highest BCUT2D eigenvalue weighted by Gasteiger charge is 2.28. The SMILES string of the molecule is O=C(O)CC1COCCN1C(=O)C#Cc1ccccc1. The number of aliphatic carboxylic acids is 1. The standard InChI is InChI=1S/C15H15NO4/c17-14(7-6-12-4-2-1-3-5-12)16-8-9-20-11-13(16)10-15(18)19/h1-5,13H,8-11H2,(H,18,19). The maximum Gasteiger partial charge on any atom is 0.305 e. The summed E-state index contributed by atoms with van der Waals surface area (Å²) in [4.78, 5) is 24.3. The number of nitrogens with zero attached hydrogens (tertiary/aromatic N) is 1. The van der Waals surface area contributed by atoms with Gasteiger partial charge >= 0.3 is 5.97 Å². The van der Waals surface area contributed by atoms with Crippen molar-refractivity contribution in [3.63, 3.8) is 0 Å². The fourth-order valence-corrected chi connectivity index (χ4v) is 2.01. The molecule has 1 N–H and O–H groups in total. The van der Waals surface area contributed by atoms with E-state index in [1.807, 2.05) is 30.3 Å². The monoisotopic (exact) mass is 273 g/mol. The van der Waals surface area contributed by atoms with Crippen molar-refractivity contribution >= 4 is 11.9 Å². The Hall–Kier alpha value is -2.32. The predicted molar refractivity (Wildman–Crippen MR) is 71.9 cm³/mol. The molecule has 0 saturated carbocycles. The molecule has 104 valence electrons. The number of amides is 1. The average molecular weight is 273 g/mol. The highest BCUT2D eigenvalue weighted by Crippen LogP contribution is 2.10. The van der Waals surface area contributed by atoms with E-state index in [4.69, 9.17) is 9.84 Å². The molecule has 5 heteroatoms. The Balaban J connectivity index is 2.06.